The van der Waals surface area contributed by atoms with Gasteiger partial charge in [-0.1, -0.05) is 6.42 Å². The summed E-state index contributed by atoms with van der Waals surface area (Å²) in [6, 6.07) is 2.93. The third-order valence-electron chi connectivity index (χ3n) is 3.59. The number of hydrogen-bond donors (Lipinski definition) is 2. The van der Waals surface area contributed by atoms with Gasteiger partial charge in [0.2, 0.25) is 0 Å². The number of nitrogens with one attached hydrogen (secondary N) is 1. The van der Waals surface area contributed by atoms with E-state index in [2.05, 4.69) is 11.4 Å². The summed E-state index contributed by atoms with van der Waals surface area (Å²) in [5.74, 6) is 0.169. The van der Waals surface area contributed by atoms with Crippen LogP contribution < -0.4 is 5.32 Å². The molecular weight excluding hydrogens is 176 g/mol. The van der Waals surface area contributed by atoms with Crippen LogP contribution in [-0.2, 0) is 0 Å². The Kier molecular flexibility index (Phi) is 3.05. The normalized spacial score (nSPS) is 42.6. The van der Waals surface area contributed by atoms with Gasteiger partial charge < -0.3 is 10.4 Å². The van der Waals surface area contributed by atoms with E-state index in [9.17, 15) is 5.11 Å². The maximum atomic E-state index is 9.66. The van der Waals surface area contributed by atoms with Crippen LogP contribution in [0.2, 0.25) is 0 Å². The van der Waals surface area contributed by atoms with Gasteiger partial charge in [-0.2, -0.15) is 5.26 Å². The number of rotatable bonds is 2. The SMILES string of the molecule is N#CC1CCCC1NC1CCCC1O. The van der Waals surface area contributed by atoms with Gasteiger partial charge in [-0.15, -0.1) is 0 Å². The van der Waals surface area contributed by atoms with Crippen LogP contribution in [0.5, 0.6) is 0 Å². The molecular formula is C11H18N2O. The second-order valence-electron chi connectivity index (χ2n) is 4.54. The molecule has 0 saturated heterocycles. The zero-order valence-electron chi connectivity index (χ0n) is 8.45. The lowest BCUT2D eigenvalue weighted by Gasteiger charge is -2.23. The van der Waals surface area contributed by atoms with Crippen molar-refractivity contribution in [1.29, 1.82) is 5.26 Å². The van der Waals surface area contributed by atoms with Crippen molar-refractivity contribution in [3.8, 4) is 6.07 Å². The van der Waals surface area contributed by atoms with Crippen molar-refractivity contribution in [3.05, 3.63) is 0 Å². The second kappa shape index (κ2) is 4.29. The topological polar surface area (TPSA) is 56.0 Å². The van der Waals surface area contributed by atoms with Crippen LogP contribution in [-0.4, -0.2) is 23.3 Å². The van der Waals surface area contributed by atoms with E-state index in [1.54, 1.807) is 0 Å². The summed E-state index contributed by atoms with van der Waals surface area (Å²) in [7, 11) is 0. The maximum absolute atomic E-state index is 9.66. The van der Waals surface area contributed by atoms with Crippen molar-refractivity contribution in [3.63, 3.8) is 0 Å². The van der Waals surface area contributed by atoms with Gasteiger partial charge in [-0.05, 0) is 32.1 Å². The number of hydrogen-bond acceptors (Lipinski definition) is 3. The van der Waals surface area contributed by atoms with E-state index in [1.165, 1.54) is 0 Å². The van der Waals surface area contributed by atoms with Gasteiger partial charge in [0.25, 0.3) is 0 Å². The van der Waals surface area contributed by atoms with Crippen LogP contribution in [0.4, 0.5) is 0 Å². The van der Waals surface area contributed by atoms with Crippen molar-refractivity contribution in [2.24, 2.45) is 5.92 Å². The molecule has 0 amide bonds. The van der Waals surface area contributed by atoms with Crippen molar-refractivity contribution in [2.75, 3.05) is 0 Å². The van der Waals surface area contributed by atoms with Gasteiger partial charge in [0.1, 0.15) is 0 Å². The third-order valence-corrected chi connectivity index (χ3v) is 3.59. The van der Waals surface area contributed by atoms with Gasteiger partial charge >= 0.3 is 0 Å². The highest BCUT2D eigenvalue weighted by atomic mass is 16.3. The molecule has 0 aromatic carbocycles. The fourth-order valence-corrected chi connectivity index (χ4v) is 2.72. The first-order valence-electron chi connectivity index (χ1n) is 5.65. The molecule has 2 fully saturated rings. The molecule has 0 bridgehead atoms. The van der Waals surface area contributed by atoms with Crippen molar-refractivity contribution < 1.29 is 5.11 Å². The summed E-state index contributed by atoms with van der Waals surface area (Å²) in [5.41, 5.74) is 0. The number of nitriles is 1. The first-order valence-corrected chi connectivity index (χ1v) is 5.65. The van der Waals surface area contributed by atoms with Crippen molar-refractivity contribution in [1.82, 2.24) is 5.32 Å². The molecule has 4 unspecified atom stereocenters. The van der Waals surface area contributed by atoms with E-state index in [-0.39, 0.29) is 18.1 Å². The van der Waals surface area contributed by atoms with Crippen molar-refractivity contribution >= 4 is 0 Å². The second-order valence-corrected chi connectivity index (χ2v) is 4.54. The highest BCUT2D eigenvalue weighted by molar-refractivity contribution is 4.99. The van der Waals surface area contributed by atoms with Gasteiger partial charge in [0.15, 0.2) is 0 Å². The molecule has 0 aromatic heterocycles. The Morgan fingerprint density at radius 3 is 2.43 bits per heavy atom. The predicted molar refractivity (Wildman–Crippen MR) is 53.5 cm³/mol. The van der Waals surface area contributed by atoms with E-state index in [1.807, 2.05) is 0 Å². The first-order chi connectivity index (χ1) is 6.81. The Morgan fingerprint density at radius 1 is 1.07 bits per heavy atom. The smallest absolute Gasteiger partial charge is 0.0693 e. The fraction of sp³-hybridized carbons (Fsp3) is 0.909. The van der Waals surface area contributed by atoms with Crippen LogP contribution in [0.1, 0.15) is 38.5 Å². The molecule has 0 spiro atoms. The van der Waals surface area contributed by atoms with Gasteiger partial charge in [0, 0.05) is 12.1 Å². The largest absolute Gasteiger partial charge is 0.392 e. The highest BCUT2D eigenvalue weighted by Crippen LogP contribution is 2.28. The minimum absolute atomic E-state index is 0.169. The quantitative estimate of drug-likeness (QED) is 0.694. The van der Waals surface area contributed by atoms with E-state index in [0.29, 0.717) is 6.04 Å². The standard InChI is InChI=1S/C11H18N2O/c12-7-8-3-1-4-9(8)13-10-5-2-6-11(10)14/h8-11,13-14H,1-6H2. The number of aliphatic hydroxyl groups excluding tert-OH is 1. The molecule has 3 nitrogen and oxygen atoms in total. The summed E-state index contributed by atoms with van der Waals surface area (Å²) in [6.45, 7) is 0. The Morgan fingerprint density at radius 2 is 1.79 bits per heavy atom. The molecule has 2 N–H and O–H groups in total. The van der Waals surface area contributed by atoms with E-state index >= 15 is 0 Å². The molecule has 2 aliphatic rings. The molecule has 3 heteroatoms. The van der Waals surface area contributed by atoms with Crippen molar-refractivity contribution in [2.45, 2.75) is 56.7 Å². The summed E-state index contributed by atoms with van der Waals surface area (Å²) in [6.07, 6.45) is 6.19. The van der Waals surface area contributed by atoms with E-state index in [0.717, 1.165) is 38.5 Å². The highest BCUT2D eigenvalue weighted by Gasteiger charge is 2.32. The average Bonchev–Trinajstić information content (AvgIpc) is 2.77. The molecule has 0 aromatic rings. The lowest BCUT2D eigenvalue weighted by atomic mass is 10.0. The summed E-state index contributed by atoms with van der Waals surface area (Å²) in [5, 5.41) is 22.0. The van der Waals surface area contributed by atoms with Crippen LogP contribution in [0.3, 0.4) is 0 Å². The Balaban J connectivity index is 1.87. The monoisotopic (exact) mass is 194 g/mol. The Bertz CT molecular complexity index is 236. The number of nitrogens with zero attached hydrogens (tertiary/aromatic N) is 1. The number of aliphatic hydroxyl groups is 1. The van der Waals surface area contributed by atoms with Crippen LogP contribution >= 0.6 is 0 Å². The lowest BCUT2D eigenvalue weighted by molar-refractivity contribution is 0.141. The predicted octanol–water partition coefficient (Wildman–Crippen LogP) is 1.18. The Hall–Kier alpha value is -0.590. The minimum atomic E-state index is -0.185. The molecule has 2 aliphatic carbocycles. The molecule has 0 aliphatic heterocycles. The zero-order valence-corrected chi connectivity index (χ0v) is 8.45. The molecule has 2 saturated carbocycles. The van der Waals surface area contributed by atoms with Gasteiger partial charge in [-0.3, -0.25) is 0 Å². The molecule has 78 valence electrons. The molecule has 2 rings (SSSR count). The lowest BCUT2D eigenvalue weighted by Crippen LogP contribution is -2.43. The molecule has 4 atom stereocenters. The fourth-order valence-electron chi connectivity index (χ4n) is 2.72. The van der Waals surface area contributed by atoms with E-state index in [4.69, 9.17) is 5.26 Å². The van der Waals surface area contributed by atoms with E-state index < -0.39 is 0 Å². The zero-order chi connectivity index (χ0) is 9.97. The summed E-state index contributed by atoms with van der Waals surface area (Å²) < 4.78 is 0. The third kappa shape index (κ3) is 1.92. The average molecular weight is 194 g/mol. The van der Waals surface area contributed by atoms with Crippen LogP contribution in [0.25, 0.3) is 0 Å². The van der Waals surface area contributed by atoms with Crippen LogP contribution in [0, 0.1) is 17.2 Å². The molecule has 0 radical (unpaired) electrons. The minimum Gasteiger partial charge on any atom is -0.392 e. The molecule has 0 heterocycles. The first kappa shape index (κ1) is 9.95. The summed E-state index contributed by atoms with van der Waals surface area (Å²) >= 11 is 0. The summed E-state index contributed by atoms with van der Waals surface area (Å²) in [4.78, 5) is 0. The maximum Gasteiger partial charge on any atom is 0.0693 e. The van der Waals surface area contributed by atoms with Gasteiger partial charge in [0.05, 0.1) is 18.1 Å². The molecule has 14 heavy (non-hydrogen) atoms. The van der Waals surface area contributed by atoms with Crippen LogP contribution in [0.15, 0.2) is 0 Å². The van der Waals surface area contributed by atoms with Gasteiger partial charge in [-0.25, -0.2) is 0 Å². The Labute approximate surface area is 85.1 Å².